The number of hydrogen-bond acceptors (Lipinski definition) is 3. The van der Waals surface area contributed by atoms with Crippen LogP contribution in [-0.4, -0.2) is 30.1 Å². The molecular formula is C17H27ClN2S. The summed E-state index contributed by atoms with van der Waals surface area (Å²) >= 11 is 8.27. The van der Waals surface area contributed by atoms with Crippen LogP contribution in [0.25, 0.3) is 0 Å². The quantitative estimate of drug-likeness (QED) is 0.862. The molecule has 0 radical (unpaired) electrons. The number of thioether (sulfide) groups is 1. The van der Waals surface area contributed by atoms with E-state index in [1.165, 1.54) is 17.0 Å². The van der Waals surface area contributed by atoms with Crippen molar-refractivity contribution in [3.05, 3.63) is 28.8 Å². The van der Waals surface area contributed by atoms with Crippen molar-refractivity contribution in [1.29, 1.82) is 0 Å². The summed E-state index contributed by atoms with van der Waals surface area (Å²) in [5.74, 6) is 1.85. The highest BCUT2D eigenvalue weighted by molar-refractivity contribution is 8.00. The lowest BCUT2D eigenvalue weighted by atomic mass is 10.1. The SMILES string of the molecule is CC(C)CNCc1cc(Cl)ccc1N1CCSC(C)(C)C1. The fourth-order valence-electron chi connectivity index (χ4n) is 2.72. The van der Waals surface area contributed by atoms with Gasteiger partial charge < -0.3 is 10.2 Å². The monoisotopic (exact) mass is 326 g/mol. The van der Waals surface area contributed by atoms with Gasteiger partial charge in [-0.15, -0.1) is 0 Å². The molecule has 1 heterocycles. The van der Waals surface area contributed by atoms with Crippen LogP contribution in [0, 0.1) is 5.92 Å². The van der Waals surface area contributed by atoms with Gasteiger partial charge in [0.25, 0.3) is 0 Å². The van der Waals surface area contributed by atoms with Crippen LogP contribution in [0.15, 0.2) is 18.2 Å². The first-order chi connectivity index (χ1) is 9.87. The Morgan fingerprint density at radius 1 is 1.38 bits per heavy atom. The van der Waals surface area contributed by atoms with Crippen molar-refractivity contribution in [3.63, 3.8) is 0 Å². The minimum Gasteiger partial charge on any atom is -0.369 e. The Hall–Kier alpha value is -0.380. The van der Waals surface area contributed by atoms with Gasteiger partial charge >= 0.3 is 0 Å². The smallest absolute Gasteiger partial charge is 0.0413 e. The van der Waals surface area contributed by atoms with E-state index >= 15 is 0 Å². The van der Waals surface area contributed by atoms with E-state index in [-0.39, 0.29) is 0 Å². The second kappa shape index (κ2) is 7.26. The van der Waals surface area contributed by atoms with Gasteiger partial charge in [-0.3, -0.25) is 0 Å². The first-order valence-electron chi connectivity index (χ1n) is 7.75. The molecule has 0 amide bonds. The standard InChI is InChI=1S/C17H27ClN2S/c1-13(2)10-19-11-14-9-15(18)5-6-16(14)20-7-8-21-17(3,4)12-20/h5-6,9,13,19H,7-8,10-12H2,1-4H3. The van der Waals surface area contributed by atoms with Gasteiger partial charge in [0.1, 0.15) is 0 Å². The summed E-state index contributed by atoms with van der Waals surface area (Å²) < 4.78 is 0.320. The van der Waals surface area contributed by atoms with Crippen molar-refractivity contribution in [2.24, 2.45) is 5.92 Å². The van der Waals surface area contributed by atoms with Crippen LogP contribution >= 0.6 is 23.4 Å². The summed E-state index contributed by atoms with van der Waals surface area (Å²) in [4.78, 5) is 2.51. The van der Waals surface area contributed by atoms with Gasteiger partial charge in [-0.2, -0.15) is 11.8 Å². The zero-order valence-corrected chi connectivity index (χ0v) is 15.2. The van der Waals surface area contributed by atoms with Crippen molar-refractivity contribution in [2.75, 3.05) is 30.3 Å². The van der Waals surface area contributed by atoms with E-state index in [1.807, 2.05) is 6.07 Å². The molecule has 0 saturated carbocycles. The maximum Gasteiger partial charge on any atom is 0.0413 e. The van der Waals surface area contributed by atoms with Gasteiger partial charge in [-0.05, 0) is 50.1 Å². The minimum atomic E-state index is 0.320. The maximum absolute atomic E-state index is 6.20. The summed E-state index contributed by atoms with van der Waals surface area (Å²) in [6, 6.07) is 6.30. The molecule has 2 nitrogen and oxygen atoms in total. The van der Waals surface area contributed by atoms with E-state index in [1.54, 1.807) is 0 Å². The van der Waals surface area contributed by atoms with Crippen LogP contribution in [0.5, 0.6) is 0 Å². The molecule has 1 aromatic carbocycles. The largest absolute Gasteiger partial charge is 0.369 e. The fraction of sp³-hybridized carbons (Fsp3) is 0.647. The molecule has 0 aromatic heterocycles. The Bertz CT molecular complexity index is 474. The third-order valence-corrected chi connectivity index (χ3v) is 5.21. The highest BCUT2D eigenvalue weighted by atomic mass is 35.5. The number of benzene rings is 1. The highest BCUT2D eigenvalue weighted by Crippen LogP contribution is 2.34. The van der Waals surface area contributed by atoms with Crippen molar-refractivity contribution in [2.45, 2.75) is 39.0 Å². The summed E-state index contributed by atoms with van der Waals surface area (Å²) in [5, 5.41) is 4.36. The topological polar surface area (TPSA) is 15.3 Å². The Morgan fingerprint density at radius 2 is 2.14 bits per heavy atom. The van der Waals surface area contributed by atoms with E-state index in [0.29, 0.717) is 10.7 Å². The minimum absolute atomic E-state index is 0.320. The van der Waals surface area contributed by atoms with E-state index in [0.717, 1.165) is 31.2 Å². The average molecular weight is 327 g/mol. The van der Waals surface area contributed by atoms with Gasteiger partial charge in [-0.1, -0.05) is 25.4 Å². The molecule has 0 aliphatic carbocycles. The number of halogens is 1. The number of nitrogens with zero attached hydrogens (tertiary/aromatic N) is 1. The molecule has 21 heavy (non-hydrogen) atoms. The van der Waals surface area contributed by atoms with Crippen molar-refractivity contribution in [1.82, 2.24) is 5.32 Å². The molecule has 1 aliphatic heterocycles. The second-order valence-electron chi connectivity index (χ2n) is 6.83. The molecule has 1 fully saturated rings. The number of anilines is 1. The van der Waals surface area contributed by atoms with Crippen LogP contribution in [0.1, 0.15) is 33.3 Å². The predicted octanol–water partition coefficient (Wildman–Crippen LogP) is 4.42. The van der Waals surface area contributed by atoms with Crippen molar-refractivity contribution < 1.29 is 0 Å². The Labute approximate surface area is 138 Å². The third kappa shape index (κ3) is 5.08. The summed E-state index contributed by atoms with van der Waals surface area (Å²) in [5.41, 5.74) is 2.65. The third-order valence-electron chi connectivity index (χ3n) is 3.68. The summed E-state index contributed by atoms with van der Waals surface area (Å²) in [6.07, 6.45) is 0. The lowest BCUT2D eigenvalue weighted by Gasteiger charge is -2.39. The number of rotatable bonds is 5. The van der Waals surface area contributed by atoms with Gasteiger partial charge in [0.2, 0.25) is 0 Å². The molecule has 0 atom stereocenters. The molecule has 0 unspecified atom stereocenters. The molecule has 1 aliphatic rings. The van der Waals surface area contributed by atoms with Crippen LogP contribution in [0.2, 0.25) is 5.02 Å². The lowest BCUT2D eigenvalue weighted by molar-refractivity contribution is 0.551. The van der Waals surface area contributed by atoms with E-state index in [2.05, 4.69) is 61.8 Å². The molecular weight excluding hydrogens is 300 g/mol. The van der Waals surface area contributed by atoms with Gasteiger partial charge in [0.05, 0.1) is 0 Å². The van der Waals surface area contributed by atoms with Crippen LogP contribution in [0.4, 0.5) is 5.69 Å². The van der Waals surface area contributed by atoms with E-state index in [4.69, 9.17) is 11.6 Å². The molecule has 1 saturated heterocycles. The molecule has 2 rings (SSSR count). The van der Waals surface area contributed by atoms with Gasteiger partial charge in [-0.25, -0.2) is 0 Å². The van der Waals surface area contributed by atoms with Crippen LogP contribution < -0.4 is 10.2 Å². The Morgan fingerprint density at radius 3 is 2.81 bits per heavy atom. The predicted molar refractivity (Wildman–Crippen MR) is 96.7 cm³/mol. The number of nitrogens with one attached hydrogen (secondary N) is 1. The summed E-state index contributed by atoms with van der Waals surface area (Å²) in [6.45, 7) is 13.3. The zero-order chi connectivity index (χ0) is 15.5. The fourth-order valence-corrected chi connectivity index (χ4v) is 4.03. The maximum atomic E-state index is 6.20. The van der Waals surface area contributed by atoms with Crippen LogP contribution in [0.3, 0.4) is 0 Å². The lowest BCUT2D eigenvalue weighted by Crippen LogP contribution is -2.43. The normalized spacial score (nSPS) is 18.3. The average Bonchev–Trinajstić information content (AvgIpc) is 2.37. The molecule has 0 spiro atoms. The molecule has 1 aromatic rings. The van der Waals surface area contributed by atoms with Gasteiger partial charge in [0, 0.05) is 40.8 Å². The molecule has 0 bridgehead atoms. The molecule has 4 heteroatoms. The first-order valence-corrected chi connectivity index (χ1v) is 9.12. The van der Waals surface area contributed by atoms with E-state index in [9.17, 15) is 0 Å². The first kappa shape index (κ1) is 17.0. The van der Waals surface area contributed by atoms with Crippen molar-refractivity contribution >= 4 is 29.1 Å². The zero-order valence-electron chi connectivity index (χ0n) is 13.6. The van der Waals surface area contributed by atoms with Crippen molar-refractivity contribution in [3.8, 4) is 0 Å². The highest BCUT2D eigenvalue weighted by Gasteiger charge is 2.28. The summed E-state index contributed by atoms with van der Waals surface area (Å²) in [7, 11) is 0. The number of hydrogen-bond donors (Lipinski definition) is 1. The van der Waals surface area contributed by atoms with Gasteiger partial charge in [0.15, 0.2) is 0 Å². The molecule has 118 valence electrons. The van der Waals surface area contributed by atoms with Crippen LogP contribution in [-0.2, 0) is 6.54 Å². The van der Waals surface area contributed by atoms with E-state index < -0.39 is 0 Å². The Kier molecular flexibility index (Phi) is 5.87. The Balaban J connectivity index is 2.14. The second-order valence-corrected chi connectivity index (χ2v) is 9.07. The molecule has 1 N–H and O–H groups in total.